The number of nitrogens with one attached hydrogen (secondary N) is 1. The number of carboxylic acid groups (broad SMARTS) is 1. The Morgan fingerprint density at radius 3 is 2.34 bits per heavy atom. The lowest BCUT2D eigenvalue weighted by atomic mass is 10.0. The number of carbonyl (C=O) groups excluding carboxylic acids is 1. The number of anilines is 1. The van der Waals surface area contributed by atoms with Crippen LogP contribution >= 0.6 is 22.9 Å². The number of carbonyl (C=O) groups is 2. The molecule has 0 aliphatic rings. The summed E-state index contributed by atoms with van der Waals surface area (Å²) in [6.07, 6.45) is 0. The molecule has 2 N–H and O–H groups in total. The van der Waals surface area contributed by atoms with Crippen molar-refractivity contribution in [2.75, 3.05) is 12.4 Å². The van der Waals surface area contributed by atoms with E-state index >= 15 is 0 Å². The van der Waals surface area contributed by atoms with Crippen LogP contribution in [0.3, 0.4) is 0 Å². The number of benzene rings is 2. The molecule has 29 heavy (non-hydrogen) atoms. The highest BCUT2D eigenvalue weighted by Gasteiger charge is 2.27. The minimum atomic E-state index is -1.53. The third-order valence-corrected chi connectivity index (χ3v) is 5.09. The van der Waals surface area contributed by atoms with E-state index in [-0.39, 0.29) is 16.1 Å². The van der Waals surface area contributed by atoms with Gasteiger partial charge in [0.15, 0.2) is 17.4 Å². The summed E-state index contributed by atoms with van der Waals surface area (Å²) < 4.78 is 46.4. The van der Waals surface area contributed by atoms with Crippen molar-refractivity contribution < 1.29 is 32.6 Å². The second-order valence-corrected chi connectivity index (χ2v) is 7.00. The summed E-state index contributed by atoms with van der Waals surface area (Å²) in [5.74, 6) is -7.87. The molecule has 0 aliphatic carbocycles. The van der Waals surface area contributed by atoms with Crippen molar-refractivity contribution in [3.05, 3.63) is 69.3 Å². The first-order chi connectivity index (χ1) is 13.7. The smallest absolute Gasteiger partial charge is 0.339 e. The largest absolute Gasteiger partial charge is 0.491 e. The highest BCUT2D eigenvalue weighted by Crippen LogP contribution is 2.37. The Kier molecular flexibility index (Phi) is 5.81. The number of carboxylic acids is 1. The van der Waals surface area contributed by atoms with Crippen molar-refractivity contribution in [2.45, 2.75) is 0 Å². The third kappa shape index (κ3) is 3.92. The van der Waals surface area contributed by atoms with E-state index < -0.39 is 40.6 Å². The summed E-state index contributed by atoms with van der Waals surface area (Å²) in [6, 6.07) is 6.61. The van der Waals surface area contributed by atoms with E-state index in [0.29, 0.717) is 16.7 Å². The SMILES string of the molecule is COc1c(F)cc(F)c(C(=O)Nc2scc(-c3ccc(Cl)cc3)c2C(=O)O)c1F. The van der Waals surface area contributed by atoms with Gasteiger partial charge in [-0.05, 0) is 17.7 Å². The van der Waals surface area contributed by atoms with Gasteiger partial charge >= 0.3 is 5.97 Å². The van der Waals surface area contributed by atoms with Gasteiger partial charge in [-0.2, -0.15) is 0 Å². The van der Waals surface area contributed by atoms with Gasteiger partial charge in [-0.15, -0.1) is 11.3 Å². The van der Waals surface area contributed by atoms with Crippen molar-refractivity contribution in [1.82, 2.24) is 0 Å². The normalized spacial score (nSPS) is 10.7. The maximum Gasteiger partial charge on any atom is 0.339 e. The van der Waals surface area contributed by atoms with Crippen molar-refractivity contribution in [3.63, 3.8) is 0 Å². The molecule has 3 aromatic rings. The average Bonchev–Trinajstić information content (AvgIpc) is 3.06. The summed E-state index contributed by atoms with van der Waals surface area (Å²) in [5, 5.41) is 13.5. The molecular formula is C19H11ClF3NO4S. The minimum Gasteiger partial charge on any atom is -0.491 e. The van der Waals surface area contributed by atoms with Crippen LogP contribution in [0.25, 0.3) is 11.1 Å². The van der Waals surface area contributed by atoms with Gasteiger partial charge in [0.05, 0.1) is 7.11 Å². The molecule has 150 valence electrons. The van der Waals surface area contributed by atoms with Crippen molar-refractivity contribution in [1.29, 1.82) is 0 Å². The molecule has 0 saturated heterocycles. The predicted octanol–water partition coefficient (Wildman–Crippen LogP) is 5.44. The van der Waals surface area contributed by atoms with Gasteiger partial charge < -0.3 is 15.2 Å². The number of amides is 1. The van der Waals surface area contributed by atoms with E-state index in [1.807, 2.05) is 0 Å². The van der Waals surface area contributed by atoms with Crippen LogP contribution in [0, 0.1) is 17.5 Å². The van der Waals surface area contributed by atoms with Gasteiger partial charge in [0.25, 0.3) is 5.91 Å². The summed E-state index contributed by atoms with van der Waals surface area (Å²) >= 11 is 6.69. The van der Waals surface area contributed by atoms with E-state index in [4.69, 9.17) is 11.6 Å². The van der Waals surface area contributed by atoms with E-state index in [1.165, 1.54) is 5.38 Å². The zero-order chi connectivity index (χ0) is 21.3. The van der Waals surface area contributed by atoms with Gasteiger partial charge in [-0.3, -0.25) is 4.79 Å². The van der Waals surface area contributed by atoms with Crippen LogP contribution in [0.4, 0.5) is 18.2 Å². The number of aromatic carboxylic acids is 1. The summed E-state index contributed by atoms with van der Waals surface area (Å²) in [5.41, 5.74) is -0.557. The fourth-order valence-corrected chi connectivity index (χ4v) is 3.72. The highest BCUT2D eigenvalue weighted by atomic mass is 35.5. The van der Waals surface area contributed by atoms with Crippen LogP contribution in [-0.2, 0) is 0 Å². The molecule has 2 aromatic carbocycles. The number of hydrogen-bond acceptors (Lipinski definition) is 4. The molecule has 0 saturated carbocycles. The maximum absolute atomic E-state index is 14.3. The van der Waals surface area contributed by atoms with E-state index in [0.717, 1.165) is 18.4 Å². The Morgan fingerprint density at radius 2 is 1.76 bits per heavy atom. The summed E-state index contributed by atoms with van der Waals surface area (Å²) in [6.45, 7) is 0. The number of halogens is 4. The predicted molar refractivity (Wildman–Crippen MR) is 103 cm³/mol. The van der Waals surface area contributed by atoms with Gasteiger partial charge in [0.1, 0.15) is 21.9 Å². The zero-order valence-corrected chi connectivity index (χ0v) is 16.1. The van der Waals surface area contributed by atoms with Crippen LogP contribution in [0.15, 0.2) is 35.7 Å². The number of ether oxygens (including phenoxy) is 1. The molecule has 3 rings (SSSR count). The van der Waals surface area contributed by atoms with Crippen LogP contribution in [0.5, 0.6) is 5.75 Å². The lowest BCUT2D eigenvalue weighted by molar-refractivity contribution is 0.0699. The van der Waals surface area contributed by atoms with Gasteiger partial charge in [-0.1, -0.05) is 23.7 Å². The lowest BCUT2D eigenvalue weighted by Gasteiger charge is -2.10. The van der Waals surface area contributed by atoms with E-state index in [2.05, 4.69) is 10.1 Å². The number of methoxy groups -OCH3 is 1. The number of rotatable bonds is 5. The summed E-state index contributed by atoms with van der Waals surface area (Å²) in [7, 11) is 0.960. The maximum atomic E-state index is 14.3. The quantitative estimate of drug-likeness (QED) is 0.552. The summed E-state index contributed by atoms with van der Waals surface area (Å²) in [4.78, 5) is 24.2. The Hall–Kier alpha value is -3.04. The van der Waals surface area contributed by atoms with E-state index in [9.17, 15) is 27.9 Å². The van der Waals surface area contributed by atoms with Gasteiger partial charge in [0.2, 0.25) is 0 Å². The molecule has 5 nitrogen and oxygen atoms in total. The first kappa shape index (κ1) is 20.7. The van der Waals surface area contributed by atoms with Crippen molar-refractivity contribution in [2.24, 2.45) is 0 Å². The topological polar surface area (TPSA) is 75.6 Å². The lowest BCUT2D eigenvalue weighted by Crippen LogP contribution is -2.18. The molecule has 0 radical (unpaired) electrons. The third-order valence-electron chi connectivity index (χ3n) is 3.95. The second kappa shape index (κ2) is 8.14. The molecule has 0 atom stereocenters. The van der Waals surface area contributed by atoms with E-state index in [1.54, 1.807) is 24.3 Å². The zero-order valence-electron chi connectivity index (χ0n) is 14.6. The van der Waals surface area contributed by atoms with Crippen LogP contribution in [0.2, 0.25) is 5.02 Å². The monoisotopic (exact) mass is 441 g/mol. The molecule has 0 unspecified atom stereocenters. The second-order valence-electron chi connectivity index (χ2n) is 5.68. The molecule has 0 bridgehead atoms. The van der Waals surface area contributed by atoms with Crippen LogP contribution < -0.4 is 10.1 Å². The molecule has 0 fully saturated rings. The molecule has 1 aromatic heterocycles. The Labute approximate surface area is 171 Å². The average molecular weight is 442 g/mol. The highest BCUT2D eigenvalue weighted by molar-refractivity contribution is 7.15. The standard InChI is InChI=1S/C19H11ClF3NO4S/c1-28-16-12(22)6-11(21)14(15(16)23)17(25)24-18-13(19(26)27)10(7-29-18)8-2-4-9(20)5-3-8/h2-7H,1H3,(H,24,25)(H,26,27). The molecule has 0 aliphatic heterocycles. The van der Waals surface area contributed by atoms with Crippen LogP contribution in [-0.4, -0.2) is 24.1 Å². The number of hydrogen-bond donors (Lipinski definition) is 2. The molecule has 1 heterocycles. The Bertz CT molecular complexity index is 1120. The minimum absolute atomic E-state index is 0.144. The van der Waals surface area contributed by atoms with Gasteiger partial charge in [0, 0.05) is 22.0 Å². The van der Waals surface area contributed by atoms with Crippen LogP contribution in [0.1, 0.15) is 20.7 Å². The molecule has 0 spiro atoms. The molecule has 1 amide bonds. The fourth-order valence-electron chi connectivity index (χ4n) is 2.64. The Balaban J connectivity index is 2.02. The molecular weight excluding hydrogens is 431 g/mol. The van der Waals surface area contributed by atoms with Gasteiger partial charge in [-0.25, -0.2) is 18.0 Å². The fraction of sp³-hybridized carbons (Fsp3) is 0.0526. The van der Waals surface area contributed by atoms with Crippen molar-refractivity contribution >= 4 is 39.8 Å². The Morgan fingerprint density at radius 1 is 1.10 bits per heavy atom. The first-order valence-electron chi connectivity index (χ1n) is 7.88. The first-order valence-corrected chi connectivity index (χ1v) is 9.13. The number of thiophene rings is 1. The molecule has 10 heteroatoms. The van der Waals surface area contributed by atoms with Crippen molar-refractivity contribution in [3.8, 4) is 16.9 Å².